The van der Waals surface area contributed by atoms with Crippen LogP contribution in [-0.2, 0) is 35.1 Å². The maximum atomic E-state index is 10.3. The van der Waals surface area contributed by atoms with Gasteiger partial charge >= 0.3 is 6.80 Å². The highest BCUT2D eigenvalue weighted by atomic mass is 33.1. The Labute approximate surface area is 111 Å². The van der Waals surface area contributed by atoms with Crippen LogP contribution in [0.15, 0.2) is 0 Å². The van der Waals surface area contributed by atoms with Crippen molar-refractivity contribution in [2.75, 3.05) is 25.4 Å². The van der Waals surface area contributed by atoms with Gasteiger partial charge < -0.3 is 26.0 Å². The van der Waals surface area contributed by atoms with E-state index in [-0.39, 0.29) is 0 Å². The van der Waals surface area contributed by atoms with Gasteiger partial charge in [0, 0.05) is 12.3 Å². The van der Waals surface area contributed by atoms with Gasteiger partial charge in [-0.1, -0.05) is 0 Å². The molecule has 0 fully saturated rings. The van der Waals surface area contributed by atoms with E-state index >= 15 is 0 Å². The number of nitrogens with one attached hydrogen (secondary N) is 1. The van der Waals surface area contributed by atoms with Gasteiger partial charge in [0.05, 0.1) is 0 Å². The smallest absolute Gasteiger partial charge is 0.384 e. The highest BCUT2D eigenvalue weighted by Gasteiger charge is 2.11. The summed E-state index contributed by atoms with van der Waals surface area (Å²) >= 11 is 9.15. The van der Waals surface area contributed by atoms with E-state index in [9.17, 15) is 4.57 Å². The Balaban J connectivity index is 0. The molecule has 0 radical (unpaired) electrons. The zero-order valence-electron chi connectivity index (χ0n) is 8.57. The SMILES string of the molecule is NCCCNCCSP(=O)(O)O.N[S-](=S)=S. The fourth-order valence-corrected chi connectivity index (χ4v) is 2.05. The highest BCUT2D eigenvalue weighted by Crippen LogP contribution is 2.49. The van der Waals surface area contributed by atoms with Crippen molar-refractivity contribution in [1.29, 1.82) is 0 Å². The van der Waals surface area contributed by atoms with Crippen LogP contribution in [0, 0.1) is 0 Å². The molecule has 0 saturated heterocycles. The molecule has 7 N–H and O–H groups in total. The minimum atomic E-state index is -3.87. The van der Waals surface area contributed by atoms with Gasteiger partial charge in [-0.15, -0.1) is 0 Å². The summed E-state index contributed by atoms with van der Waals surface area (Å²) in [6, 6.07) is 0. The van der Waals surface area contributed by atoms with Gasteiger partial charge in [0.2, 0.25) is 0 Å². The molecular formula is C5H17N3O3PS4-. The molecular weight excluding hydrogens is 309 g/mol. The third-order valence-electron chi connectivity index (χ3n) is 1.10. The van der Waals surface area contributed by atoms with E-state index in [0.29, 0.717) is 30.2 Å². The Bertz CT molecular complexity index is 262. The maximum absolute atomic E-state index is 10.3. The minimum absolute atomic E-state index is 0.425. The van der Waals surface area contributed by atoms with Crippen LogP contribution in [0.3, 0.4) is 0 Å². The maximum Gasteiger partial charge on any atom is 0.384 e. The molecule has 0 aliphatic carbocycles. The van der Waals surface area contributed by atoms with Crippen LogP contribution < -0.4 is 16.2 Å². The predicted octanol–water partition coefficient (Wildman–Crippen LogP) is -0.847. The van der Waals surface area contributed by atoms with E-state index in [2.05, 4.69) is 27.7 Å². The molecule has 0 aromatic rings. The van der Waals surface area contributed by atoms with Crippen molar-refractivity contribution in [2.24, 2.45) is 10.9 Å². The zero-order valence-corrected chi connectivity index (χ0v) is 12.7. The van der Waals surface area contributed by atoms with Crippen LogP contribution in [-0.4, -0.2) is 35.2 Å². The second-order valence-electron chi connectivity index (χ2n) is 2.48. The lowest BCUT2D eigenvalue weighted by Crippen LogP contribution is -2.20. The molecule has 0 bridgehead atoms. The molecule has 0 unspecified atom stereocenters. The lowest BCUT2D eigenvalue weighted by Gasteiger charge is -2.04. The summed E-state index contributed by atoms with van der Waals surface area (Å²) in [5.74, 6) is 0.425. The first kappa shape index (κ1) is 19.5. The topological polar surface area (TPSA) is 122 Å². The van der Waals surface area contributed by atoms with Crippen molar-refractivity contribution >= 4 is 48.8 Å². The molecule has 0 aromatic carbocycles. The van der Waals surface area contributed by atoms with Crippen LogP contribution >= 0.6 is 18.2 Å². The first-order valence-corrected chi connectivity index (χ1v) is 10.6. The van der Waals surface area contributed by atoms with Crippen molar-refractivity contribution in [3.05, 3.63) is 0 Å². The van der Waals surface area contributed by atoms with Gasteiger partial charge in [0.1, 0.15) is 0 Å². The number of nitrogens with two attached hydrogens (primary N) is 2. The van der Waals surface area contributed by atoms with Crippen LogP contribution in [0.25, 0.3) is 0 Å². The second-order valence-corrected chi connectivity index (χ2v) is 9.63. The Morgan fingerprint density at radius 3 is 2.25 bits per heavy atom. The molecule has 0 atom stereocenters. The fraction of sp³-hybridized carbons (Fsp3) is 1.00. The predicted molar refractivity (Wildman–Crippen MR) is 77.3 cm³/mol. The lowest BCUT2D eigenvalue weighted by atomic mass is 10.4. The molecule has 0 aliphatic rings. The molecule has 11 heteroatoms. The summed E-state index contributed by atoms with van der Waals surface area (Å²) in [5, 5.41) is 7.78. The summed E-state index contributed by atoms with van der Waals surface area (Å²) in [6.07, 6.45) is 0.889. The van der Waals surface area contributed by atoms with Gasteiger partial charge in [0.15, 0.2) is 0 Å². The van der Waals surface area contributed by atoms with Crippen LogP contribution in [0.4, 0.5) is 0 Å². The molecule has 6 nitrogen and oxygen atoms in total. The van der Waals surface area contributed by atoms with E-state index in [1.54, 1.807) is 0 Å². The average Bonchev–Trinajstić information content (AvgIpc) is 2.08. The van der Waals surface area contributed by atoms with Gasteiger partial charge in [-0.05, 0) is 30.9 Å². The van der Waals surface area contributed by atoms with E-state index in [0.717, 1.165) is 13.0 Å². The normalized spacial score (nSPS) is 11.1. The summed E-state index contributed by atoms with van der Waals surface area (Å²) in [4.78, 5) is 16.9. The van der Waals surface area contributed by atoms with Crippen molar-refractivity contribution in [2.45, 2.75) is 6.42 Å². The van der Waals surface area contributed by atoms with Crippen LogP contribution in [0.2, 0.25) is 0 Å². The van der Waals surface area contributed by atoms with Crippen molar-refractivity contribution in [3.63, 3.8) is 0 Å². The molecule has 0 saturated carbocycles. The zero-order chi connectivity index (χ0) is 13.0. The second kappa shape index (κ2) is 12.6. The number of hydrogen-bond acceptors (Lipinski definition) is 7. The van der Waals surface area contributed by atoms with E-state index in [1.807, 2.05) is 0 Å². The lowest BCUT2D eigenvalue weighted by molar-refractivity contribution is 0.397. The Morgan fingerprint density at radius 2 is 1.88 bits per heavy atom. The van der Waals surface area contributed by atoms with Crippen LogP contribution in [0.1, 0.15) is 6.42 Å². The van der Waals surface area contributed by atoms with E-state index in [4.69, 9.17) is 20.7 Å². The summed E-state index contributed by atoms with van der Waals surface area (Å²) in [7, 11) is -0.694. The Kier molecular flexibility index (Phi) is 15.4. The molecule has 0 heterocycles. The third kappa shape index (κ3) is 29.4. The first-order chi connectivity index (χ1) is 7.29. The van der Waals surface area contributed by atoms with Gasteiger partial charge in [-0.25, -0.2) is 26.9 Å². The minimum Gasteiger partial charge on any atom is -0.410 e. The molecule has 0 spiro atoms. The molecule has 16 heavy (non-hydrogen) atoms. The van der Waals surface area contributed by atoms with Gasteiger partial charge in [-0.3, -0.25) is 8.20 Å². The van der Waals surface area contributed by atoms with Gasteiger partial charge in [0.25, 0.3) is 0 Å². The molecule has 100 valence electrons. The molecule has 0 rings (SSSR count). The first-order valence-electron chi connectivity index (χ1n) is 4.24. The van der Waals surface area contributed by atoms with Crippen molar-refractivity contribution in [3.8, 4) is 0 Å². The van der Waals surface area contributed by atoms with Crippen molar-refractivity contribution in [1.82, 2.24) is 5.32 Å². The Hall–Kier alpha value is 1.17. The number of rotatable bonds is 7. The van der Waals surface area contributed by atoms with Gasteiger partial charge in [-0.2, -0.15) is 0 Å². The summed E-state index contributed by atoms with van der Waals surface area (Å²) in [5.41, 5.74) is 5.24. The number of hydrogen-bond donors (Lipinski definition) is 5. The largest absolute Gasteiger partial charge is 0.410 e. The fourth-order valence-electron chi connectivity index (χ4n) is 0.589. The van der Waals surface area contributed by atoms with Crippen LogP contribution in [0.5, 0.6) is 0 Å². The summed E-state index contributed by atoms with van der Waals surface area (Å²) < 4.78 is 10.3. The molecule has 0 amide bonds. The molecule has 0 aliphatic heterocycles. The highest BCUT2D eigenvalue weighted by molar-refractivity contribution is 8.54. The molecule has 0 aromatic heterocycles. The van der Waals surface area contributed by atoms with E-state index in [1.165, 1.54) is 0 Å². The monoisotopic (exact) mass is 326 g/mol. The quantitative estimate of drug-likeness (QED) is 0.231. The van der Waals surface area contributed by atoms with Crippen molar-refractivity contribution < 1.29 is 14.4 Å². The summed E-state index contributed by atoms with van der Waals surface area (Å²) in [6.45, 7) is -1.82. The third-order valence-corrected chi connectivity index (χ3v) is 3.38. The standard InChI is InChI=1S/C5H15N2O3PS.H2NS3/c6-2-1-3-7-4-5-12-11(8,9)10;1-4(2)3/h7H,1-6H2,(H2,8,9,10);(H2,1,2,3)/q;-1. The van der Waals surface area contributed by atoms with E-state index < -0.39 is 15.0 Å². The average molecular weight is 326 g/mol. The Morgan fingerprint density at radius 1 is 1.38 bits per heavy atom.